The van der Waals surface area contributed by atoms with Crippen molar-refractivity contribution in [2.75, 3.05) is 10.2 Å². The van der Waals surface area contributed by atoms with E-state index in [4.69, 9.17) is 4.74 Å². The molecule has 1 fully saturated rings. The van der Waals surface area contributed by atoms with Crippen LogP contribution in [0.4, 0.5) is 21.9 Å². The van der Waals surface area contributed by atoms with Gasteiger partial charge in [0, 0.05) is 25.2 Å². The van der Waals surface area contributed by atoms with Gasteiger partial charge in [-0.1, -0.05) is 18.2 Å². The Morgan fingerprint density at radius 1 is 1.03 bits per heavy atom. The number of rotatable bonds is 6. The number of benzene rings is 2. The van der Waals surface area contributed by atoms with E-state index >= 15 is 0 Å². The highest BCUT2D eigenvalue weighted by atomic mass is 32.1. The SMILES string of the molecule is CC(=O)N[C@H]1CCC[C@@H]1NC(=O)c1sc2nccc3c2c1NC(=O)N3c1ccc(Oc2ccccc2)cc1C. The molecule has 0 radical (unpaired) electrons. The first-order valence-corrected chi connectivity index (χ1v) is 13.6. The molecular formula is C29H27N5O4S. The molecule has 6 rings (SSSR count). The second-order valence-electron chi connectivity index (χ2n) is 9.76. The van der Waals surface area contributed by atoms with Crippen LogP contribution in [0.2, 0.25) is 0 Å². The van der Waals surface area contributed by atoms with Crippen molar-refractivity contribution >= 4 is 56.5 Å². The highest BCUT2D eigenvalue weighted by Crippen LogP contribution is 2.46. The molecule has 1 aliphatic carbocycles. The first-order chi connectivity index (χ1) is 18.9. The highest BCUT2D eigenvalue weighted by molar-refractivity contribution is 7.21. The van der Waals surface area contributed by atoms with Crippen molar-refractivity contribution in [1.82, 2.24) is 15.6 Å². The van der Waals surface area contributed by atoms with Gasteiger partial charge in [-0.05, 0) is 68.1 Å². The van der Waals surface area contributed by atoms with Crippen molar-refractivity contribution in [3.05, 3.63) is 71.2 Å². The van der Waals surface area contributed by atoms with E-state index in [1.807, 2.05) is 55.5 Å². The van der Waals surface area contributed by atoms with E-state index in [0.29, 0.717) is 32.5 Å². The number of ether oxygens (including phenoxy) is 1. The molecular weight excluding hydrogens is 514 g/mol. The first-order valence-electron chi connectivity index (χ1n) is 12.8. The average Bonchev–Trinajstić information content (AvgIpc) is 3.50. The van der Waals surface area contributed by atoms with Crippen molar-refractivity contribution in [3.63, 3.8) is 0 Å². The lowest BCUT2D eigenvalue weighted by Crippen LogP contribution is -2.48. The molecule has 3 N–H and O–H groups in total. The van der Waals surface area contributed by atoms with Crippen LogP contribution in [-0.4, -0.2) is 34.9 Å². The normalized spacial score (nSPS) is 18.1. The Morgan fingerprint density at radius 3 is 2.54 bits per heavy atom. The fraction of sp³-hybridized carbons (Fsp3) is 0.241. The van der Waals surface area contributed by atoms with Crippen LogP contribution in [0.3, 0.4) is 0 Å². The zero-order valence-corrected chi connectivity index (χ0v) is 22.3. The molecule has 4 amide bonds. The Hall–Kier alpha value is -4.44. The molecule has 2 aromatic carbocycles. The molecule has 2 aliphatic rings. The van der Waals surface area contributed by atoms with Crippen molar-refractivity contribution in [2.45, 2.75) is 45.2 Å². The largest absolute Gasteiger partial charge is 0.457 e. The predicted molar refractivity (Wildman–Crippen MR) is 151 cm³/mol. The minimum Gasteiger partial charge on any atom is -0.457 e. The number of hydrogen-bond acceptors (Lipinski definition) is 6. The summed E-state index contributed by atoms with van der Waals surface area (Å²) in [7, 11) is 0. The molecule has 10 heteroatoms. The van der Waals surface area contributed by atoms with Gasteiger partial charge in [-0.15, -0.1) is 11.3 Å². The summed E-state index contributed by atoms with van der Waals surface area (Å²) in [6, 6.07) is 16.2. The molecule has 2 aromatic heterocycles. The zero-order chi connectivity index (χ0) is 27.1. The number of carbonyl (C=O) groups is 3. The number of nitrogens with zero attached hydrogens (tertiary/aromatic N) is 2. The van der Waals surface area contributed by atoms with Gasteiger partial charge in [0.25, 0.3) is 5.91 Å². The Kier molecular flexibility index (Phi) is 6.40. The Balaban J connectivity index is 1.31. The van der Waals surface area contributed by atoms with Crippen molar-refractivity contribution in [3.8, 4) is 11.5 Å². The molecule has 9 nitrogen and oxygen atoms in total. The second kappa shape index (κ2) is 10.0. The predicted octanol–water partition coefficient (Wildman–Crippen LogP) is 5.87. The van der Waals surface area contributed by atoms with Gasteiger partial charge in [0.2, 0.25) is 5.91 Å². The Morgan fingerprint density at radius 2 is 1.79 bits per heavy atom. The molecule has 2 atom stereocenters. The smallest absolute Gasteiger partial charge is 0.331 e. The molecule has 1 aliphatic heterocycles. The second-order valence-corrected chi connectivity index (χ2v) is 10.8. The van der Waals surface area contributed by atoms with Gasteiger partial charge in [-0.2, -0.15) is 0 Å². The topological polar surface area (TPSA) is 113 Å². The van der Waals surface area contributed by atoms with E-state index < -0.39 is 0 Å². The molecule has 198 valence electrons. The van der Waals surface area contributed by atoms with Gasteiger partial charge >= 0.3 is 6.03 Å². The number of aryl methyl sites for hydroxylation is 1. The third kappa shape index (κ3) is 4.67. The van der Waals surface area contributed by atoms with Gasteiger partial charge in [-0.3, -0.25) is 14.5 Å². The van der Waals surface area contributed by atoms with E-state index in [2.05, 4.69) is 20.9 Å². The van der Waals surface area contributed by atoms with Crippen molar-refractivity contribution in [1.29, 1.82) is 0 Å². The molecule has 0 unspecified atom stereocenters. The summed E-state index contributed by atoms with van der Waals surface area (Å²) in [5.74, 6) is 0.994. The van der Waals surface area contributed by atoms with E-state index in [1.165, 1.54) is 18.3 Å². The minimum atomic E-state index is -0.362. The van der Waals surface area contributed by atoms with Crippen LogP contribution in [0.5, 0.6) is 11.5 Å². The van der Waals surface area contributed by atoms with Crippen LogP contribution >= 0.6 is 11.3 Å². The summed E-state index contributed by atoms with van der Waals surface area (Å²) < 4.78 is 5.96. The molecule has 0 spiro atoms. The third-order valence-corrected chi connectivity index (χ3v) is 8.16. The van der Waals surface area contributed by atoms with Crippen molar-refractivity contribution < 1.29 is 19.1 Å². The zero-order valence-electron chi connectivity index (χ0n) is 21.5. The monoisotopic (exact) mass is 541 g/mol. The number of amides is 4. The number of anilines is 3. The van der Waals surface area contributed by atoms with Crippen LogP contribution < -0.4 is 25.6 Å². The van der Waals surface area contributed by atoms with Crippen LogP contribution in [0, 0.1) is 6.92 Å². The van der Waals surface area contributed by atoms with E-state index in [0.717, 1.165) is 36.0 Å². The van der Waals surface area contributed by atoms with Gasteiger partial charge in [0.1, 0.15) is 21.2 Å². The van der Waals surface area contributed by atoms with Gasteiger partial charge < -0.3 is 20.7 Å². The molecule has 39 heavy (non-hydrogen) atoms. The van der Waals surface area contributed by atoms with Gasteiger partial charge in [-0.25, -0.2) is 9.78 Å². The summed E-state index contributed by atoms with van der Waals surface area (Å²) in [6.07, 6.45) is 4.16. The number of nitrogens with one attached hydrogen (secondary N) is 3. The lowest BCUT2D eigenvalue weighted by Gasteiger charge is -2.29. The van der Waals surface area contributed by atoms with Gasteiger partial charge in [0.15, 0.2) is 0 Å². The van der Waals surface area contributed by atoms with Crippen LogP contribution in [0.1, 0.15) is 41.4 Å². The summed E-state index contributed by atoms with van der Waals surface area (Å²) in [4.78, 5) is 45.6. The van der Waals surface area contributed by atoms with Gasteiger partial charge in [0.05, 0.1) is 22.4 Å². The highest BCUT2D eigenvalue weighted by Gasteiger charge is 2.35. The maximum atomic E-state index is 13.5. The number of pyridine rings is 1. The number of para-hydroxylation sites is 1. The van der Waals surface area contributed by atoms with E-state index in [-0.39, 0.29) is 29.9 Å². The number of aromatic nitrogens is 1. The fourth-order valence-electron chi connectivity index (χ4n) is 5.35. The summed E-state index contributed by atoms with van der Waals surface area (Å²) in [5.41, 5.74) is 2.68. The maximum absolute atomic E-state index is 13.5. The number of urea groups is 1. The van der Waals surface area contributed by atoms with E-state index in [1.54, 1.807) is 17.2 Å². The number of carbonyl (C=O) groups excluding carboxylic acids is 3. The maximum Gasteiger partial charge on any atom is 0.331 e. The third-order valence-electron chi connectivity index (χ3n) is 7.06. The lowest BCUT2D eigenvalue weighted by molar-refractivity contribution is -0.119. The summed E-state index contributed by atoms with van der Waals surface area (Å²) >= 11 is 1.24. The Labute approximate surface area is 229 Å². The van der Waals surface area contributed by atoms with Crippen LogP contribution in [0.25, 0.3) is 10.2 Å². The van der Waals surface area contributed by atoms with Crippen LogP contribution in [0.15, 0.2) is 60.8 Å². The average molecular weight is 542 g/mol. The van der Waals surface area contributed by atoms with E-state index in [9.17, 15) is 14.4 Å². The number of thiophene rings is 1. The molecule has 0 saturated heterocycles. The first kappa shape index (κ1) is 24.9. The van der Waals surface area contributed by atoms with Crippen LogP contribution in [-0.2, 0) is 4.79 Å². The Bertz CT molecular complexity index is 1600. The standard InChI is InChI=1S/C29H27N5O4S/c1-16-15-19(38-18-7-4-3-5-8-18)11-12-22(16)34-23-13-14-30-28-24(23)25(33-29(34)37)26(39-28)27(36)32-21-10-6-9-20(21)31-17(2)35/h3-5,7-8,11-15,20-21H,6,9-10H2,1-2H3,(H,31,35)(H,32,36)(H,33,37)/t20-,21-/m0/s1. The quantitative estimate of drug-likeness (QED) is 0.283. The fourth-order valence-corrected chi connectivity index (χ4v) is 6.37. The molecule has 3 heterocycles. The minimum absolute atomic E-state index is 0.104. The van der Waals surface area contributed by atoms with Crippen molar-refractivity contribution in [2.24, 2.45) is 0 Å². The summed E-state index contributed by atoms with van der Waals surface area (Å²) in [5, 5.41) is 9.67. The molecule has 4 aromatic rings. The lowest BCUT2D eigenvalue weighted by atomic mass is 10.1. The summed E-state index contributed by atoms with van der Waals surface area (Å²) in [6.45, 7) is 3.40. The molecule has 0 bridgehead atoms. The number of hydrogen-bond donors (Lipinski definition) is 3. The molecule has 1 saturated carbocycles.